The van der Waals surface area contributed by atoms with Crippen molar-refractivity contribution >= 4 is 11.8 Å². The molecule has 1 nitrogen and oxygen atoms in total. The minimum Gasteiger partial charge on any atom is -0.313 e. The summed E-state index contributed by atoms with van der Waals surface area (Å²) in [6.45, 7) is 12.6. The van der Waals surface area contributed by atoms with Gasteiger partial charge in [0.05, 0.1) is 0 Å². The molecule has 0 bridgehead atoms. The van der Waals surface area contributed by atoms with E-state index in [1.807, 2.05) is 0 Å². The molecular weight excluding hydrogens is 262 g/mol. The van der Waals surface area contributed by atoms with Gasteiger partial charge in [-0.15, -0.1) is 11.8 Å². The third-order valence-corrected chi connectivity index (χ3v) is 6.07. The fourth-order valence-corrected chi connectivity index (χ4v) is 5.06. The van der Waals surface area contributed by atoms with Crippen molar-refractivity contribution in [2.24, 2.45) is 5.41 Å². The maximum atomic E-state index is 3.76. The van der Waals surface area contributed by atoms with Crippen LogP contribution in [0.4, 0.5) is 0 Å². The van der Waals surface area contributed by atoms with Gasteiger partial charge in [0.25, 0.3) is 0 Å². The molecule has 0 aromatic heterocycles. The van der Waals surface area contributed by atoms with Crippen LogP contribution in [0.15, 0.2) is 23.1 Å². The Kier molecular flexibility index (Phi) is 5.19. The SMILES string of the molecule is CCNC1C(Sc2cc(C)ccc2C)CCCC1(C)C. The Bertz CT molecular complexity index is 453. The summed E-state index contributed by atoms with van der Waals surface area (Å²) in [5, 5.41) is 4.45. The van der Waals surface area contributed by atoms with Gasteiger partial charge in [-0.1, -0.05) is 44.9 Å². The Labute approximate surface area is 128 Å². The van der Waals surface area contributed by atoms with Gasteiger partial charge in [0.2, 0.25) is 0 Å². The summed E-state index contributed by atoms with van der Waals surface area (Å²) in [4.78, 5) is 1.47. The molecule has 0 spiro atoms. The smallest absolute Gasteiger partial charge is 0.0253 e. The van der Waals surface area contributed by atoms with E-state index < -0.39 is 0 Å². The summed E-state index contributed by atoms with van der Waals surface area (Å²) in [5.41, 5.74) is 3.19. The van der Waals surface area contributed by atoms with E-state index >= 15 is 0 Å². The molecule has 2 atom stereocenters. The van der Waals surface area contributed by atoms with Crippen molar-refractivity contribution in [1.29, 1.82) is 0 Å². The molecule has 0 saturated heterocycles. The second kappa shape index (κ2) is 6.53. The first kappa shape index (κ1) is 15.9. The maximum Gasteiger partial charge on any atom is 0.0253 e. The lowest BCUT2D eigenvalue weighted by Gasteiger charge is -2.44. The third-order valence-electron chi connectivity index (χ3n) is 4.57. The van der Waals surface area contributed by atoms with Crippen LogP contribution in [0.25, 0.3) is 0 Å². The van der Waals surface area contributed by atoms with E-state index in [0.29, 0.717) is 16.7 Å². The zero-order valence-electron chi connectivity index (χ0n) is 13.6. The first-order valence-electron chi connectivity index (χ1n) is 7.91. The molecule has 1 N–H and O–H groups in total. The lowest BCUT2D eigenvalue weighted by atomic mass is 9.73. The molecule has 2 heteroatoms. The van der Waals surface area contributed by atoms with E-state index in [0.717, 1.165) is 6.54 Å². The molecule has 1 aromatic carbocycles. The van der Waals surface area contributed by atoms with E-state index in [1.165, 1.54) is 35.3 Å². The Balaban J connectivity index is 2.19. The Hall–Kier alpha value is -0.470. The van der Waals surface area contributed by atoms with Gasteiger partial charge in [0.1, 0.15) is 0 Å². The molecule has 1 aromatic rings. The zero-order valence-corrected chi connectivity index (χ0v) is 14.4. The molecule has 0 aliphatic heterocycles. The highest BCUT2D eigenvalue weighted by Crippen LogP contribution is 2.43. The van der Waals surface area contributed by atoms with E-state index in [9.17, 15) is 0 Å². The molecule has 1 saturated carbocycles. The number of nitrogens with one attached hydrogen (secondary N) is 1. The van der Waals surface area contributed by atoms with Crippen molar-refractivity contribution < 1.29 is 0 Å². The number of rotatable bonds is 4. The minimum absolute atomic E-state index is 0.406. The van der Waals surface area contributed by atoms with Gasteiger partial charge in [-0.25, -0.2) is 0 Å². The van der Waals surface area contributed by atoms with Crippen LogP contribution in [-0.4, -0.2) is 17.8 Å². The number of hydrogen-bond donors (Lipinski definition) is 1. The summed E-state index contributed by atoms with van der Waals surface area (Å²) in [7, 11) is 0. The van der Waals surface area contributed by atoms with E-state index in [2.05, 4.69) is 69.9 Å². The van der Waals surface area contributed by atoms with Crippen LogP contribution in [0.1, 0.15) is 51.2 Å². The Morgan fingerprint density at radius 3 is 2.75 bits per heavy atom. The fraction of sp³-hybridized carbons (Fsp3) is 0.667. The predicted molar refractivity (Wildman–Crippen MR) is 90.7 cm³/mol. The summed E-state index contributed by atoms with van der Waals surface area (Å²) in [6, 6.07) is 7.44. The molecule has 0 amide bonds. The van der Waals surface area contributed by atoms with Crippen molar-refractivity contribution in [3.8, 4) is 0 Å². The second-order valence-electron chi connectivity index (χ2n) is 6.84. The highest BCUT2D eigenvalue weighted by molar-refractivity contribution is 8.00. The van der Waals surface area contributed by atoms with E-state index in [-0.39, 0.29) is 0 Å². The summed E-state index contributed by atoms with van der Waals surface area (Å²) >= 11 is 2.09. The molecule has 2 rings (SSSR count). The topological polar surface area (TPSA) is 12.0 Å². The summed E-state index contributed by atoms with van der Waals surface area (Å²) in [6.07, 6.45) is 4.03. The van der Waals surface area contributed by atoms with Gasteiger partial charge in [0, 0.05) is 16.2 Å². The first-order valence-corrected chi connectivity index (χ1v) is 8.79. The number of hydrogen-bond acceptors (Lipinski definition) is 2. The fourth-order valence-electron chi connectivity index (χ4n) is 3.34. The molecule has 2 unspecified atom stereocenters. The second-order valence-corrected chi connectivity index (χ2v) is 8.12. The summed E-state index contributed by atoms with van der Waals surface area (Å²) in [5.74, 6) is 0. The van der Waals surface area contributed by atoms with Gasteiger partial charge in [-0.2, -0.15) is 0 Å². The van der Waals surface area contributed by atoms with Crippen LogP contribution in [-0.2, 0) is 0 Å². The average molecular weight is 292 g/mol. The molecule has 1 fully saturated rings. The van der Waals surface area contributed by atoms with Gasteiger partial charge in [0.15, 0.2) is 0 Å². The molecular formula is C18H29NS. The van der Waals surface area contributed by atoms with Crippen LogP contribution >= 0.6 is 11.8 Å². The van der Waals surface area contributed by atoms with Crippen molar-refractivity contribution in [1.82, 2.24) is 5.32 Å². The van der Waals surface area contributed by atoms with E-state index in [1.54, 1.807) is 0 Å². The lowest BCUT2D eigenvalue weighted by Crippen LogP contribution is -2.51. The lowest BCUT2D eigenvalue weighted by molar-refractivity contribution is 0.176. The summed E-state index contributed by atoms with van der Waals surface area (Å²) < 4.78 is 0. The normalized spacial score (nSPS) is 25.6. The highest BCUT2D eigenvalue weighted by atomic mass is 32.2. The molecule has 0 radical (unpaired) electrons. The molecule has 20 heavy (non-hydrogen) atoms. The van der Waals surface area contributed by atoms with Gasteiger partial charge < -0.3 is 5.32 Å². The standard InChI is InChI=1S/C18H29NS/c1-6-19-17-15(8-7-11-18(17,4)5)20-16-12-13(2)9-10-14(16)3/h9-10,12,15,17,19H,6-8,11H2,1-5H3. The Morgan fingerprint density at radius 1 is 1.30 bits per heavy atom. The van der Waals surface area contributed by atoms with Crippen LogP contribution < -0.4 is 5.32 Å². The number of aryl methyl sites for hydroxylation is 2. The van der Waals surface area contributed by atoms with Gasteiger partial charge >= 0.3 is 0 Å². The highest BCUT2D eigenvalue weighted by Gasteiger charge is 2.38. The first-order chi connectivity index (χ1) is 9.44. The van der Waals surface area contributed by atoms with Gasteiger partial charge in [-0.05, 0) is 50.3 Å². The largest absolute Gasteiger partial charge is 0.313 e. The monoisotopic (exact) mass is 291 g/mol. The van der Waals surface area contributed by atoms with Crippen LogP contribution in [0.5, 0.6) is 0 Å². The van der Waals surface area contributed by atoms with Crippen LogP contribution in [0, 0.1) is 19.3 Å². The minimum atomic E-state index is 0.406. The Morgan fingerprint density at radius 2 is 2.05 bits per heavy atom. The number of benzene rings is 1. The average Bonchev–Trinajstić information content (AvgIpc) is 2.38. The van der Waals surface area contributed by atoms with Crippen LogP contribution in [0.3, 0.4) is 0 Å². The van der Waals surface area contributed by atoms with Gasteiger partial charge in [-0.3, -0.25) is 0 Å². The van der Waals surface area contributed by atoms with Crippen molar-refractivity contribution in [2.75, 3.05) is 6.54 Å². The quantitative estimate of drug-likeness (QED) is 0.842. The molecule has 112 valence electrons. The van der Waals surface area contributed by atoms with Crippen LogP contribution in [0.2, 0.25) is 0 Å². The van der Waals surface area contributed by atoms with E-state index in [4.69, 9.17) is 0 Å². The number of thioether (sulfide) groups is 1. The van der Waals surface area contributed by atoms with Crippen molar-refractivity contribution in [2.45, 2.75) is 70.1 Å². The third kappa shape index (κ3) is 3.59. The molecule has 0 heterocycles. The maximum absolute atomic E-state index is 3.76. The zero-order chi connectivity index (χ0) is 14.8. The van der Waals surface area contributed by atoms with Crippen molar-refractivity contribution in [3.63, 3.8) is 0 Å². The molecule has 1 aliphatic carbocycles. The van der Waals surface area contributed by atoms with Crippen molar-refractivity contribution in [3.05, 3.63) is 29.3 Å². The predicted octanol–water partition coefficient (Wildman–Crippen LogP) is 4.95. The molecule has 1 aliphatic rings.